The highest BCUT2D eigenvalue weighted by Crippen LogP contribution is 2.54. The number of halogens is 1. The molecule has 0 aliphatic carbocycles. The maximum atomic E-state index is 13.2. The molecule has 0 bridgehead atoms. The molecule has 2 saturated heterocycles. The Bertz CT molecular complexity index is 831. The number of hydrogen-bond acceptors (Lipinski definition) is 4. The van der Waals surface area contributed by atoms with E-state index in [0.717, 1.165) is 0 Å². The number of likely N-dealkylation sites (tertiary alicyclic amines) is 1. The Labute approximate surface area is 150 Å². The van der Waals surface area contributed by atoms with E-state index in [0.29, 0.717) is 16.3 Å². The molecule has 2 fully saturated rings. The van der Waals surface area contributed by atoms with Crippen LogP contribution < -0.4 is 10.6 Å². The van der Waals surface area contributed by atoms with Gasteiger partial charge in [-0.15, -0.1) is 0 Å². The molecular formula is C18H20ClN3O3. The van der Waals surface area contributed by atoms with Crippen LogP contribution in [-0.2, 0) is 19.9 Å². The number of carbonyl (C=O) groups is 3. The van der Waals surface area contributed by atoms with Crippen LogP contribution in [0.4, 0.5) is 5.69 Å². The summed E-state index contributed by atoms with van der Waals surface area (Å²) >= 11 is 6.24. The Morgan fingerprint density at radius 2 is 1.84 bits per heavy atom. The van der Waals surface area contributed by atoms with Crippen molar-refractivity contribution in [3.05, 3.63) is 28.8 Å². The summed E-state index contributed by atoms with van der Waals surface area (Å²) in [4.78, 5) is 40.5. The number of nitrogens with one attached hydrogen (secondary N) is 2. The fourth-order valence-corrected chi connectivity index (χ4v) is 4.84. The van der Waals surface area contributed by atoms with E-state index in [4.69, 9.17) is 11.6 Å². The second-order valence-corrected chi connectivity index (χ2v) is 8.45. The third-order valence-corrected chi connectivity index (χ3v) is 5.83. The molecule has 0 saturated carbocycles. The largest absolute Gasteiger partial charge is 0.323 e. The van der Waals surface area contributed by atoms with Crippen molar-refractivity contribution in [3.8, 4) is 0 Å². The van der Waals surface area contributed by atoms with Gasteiger partial charge in [-0.2, -0.15) is 0 Å². The smallest absolute Gasteiger partial charge is 0.250 e. The molecule has 4 rings (SSSR count). The third kappa shape index (κ3) is 1.87. The van der Waals surface area contributed by atoms with Crippen molar-refractivity contribution in [2.45, 2.75) is 44.8 Å². The van der Waals surface area contributed by atoms with Crippen molar-refractivity contribution in [1.82, 2.24) is 10.2 Å². The molecule has 132 valence electrons. The summed E-state index contributed by atoms with van der Waals surface area (Å²) in [5, 5.41) is 6.48. The van der Waals surface area contributed by atoms with E-state index in [9.17, 15) is 14.4 Å². The van der Waals surface area contributed by atoms with Gasteiger partial charge in [0.25, 0.3) is 0 Å². The van der Waals surface area contributed by atoms with E-state index >= 15 is 0 Å². The lowest BCUT2D eigenvalue weighted by Gasteiger charge is -2.34. The summed E-state index contributed by atoms with van der Waals surface area (Å²) in [5.41, 5.74) is -0.729. The zero-order valence-corrected chi connectivity index (χ0v) is 15.3. The molecule has 3 aliphatic rings. The summed E-state index contributed by atoms with van der Waals surface area (Å²) in [5.74, 6) is -2.19. The van der Waals surface area contributed by atoms with Gasteiger partial charge in [0, 0.05) is 17.1 Å². The van der Waals surface area contributed by atoms with Gasteiger partial charge in [-0.1, -0.05) is 23.7 Å². The number of rotatable bonds is 0. The van der Waals surface area contributed by atoms with Crippen molar-refractivity contribution in [2.75, 3.05) is 5.32 Å². The Balaban J connectivity index is 1.93. The van der Waals surface area contributed by atoms with Gasteiger partial charge < -0.3 is 5.32 Å². The van der Waals surface area contributed by atoms with Crippen molar-refractivity contribution in [3.63, 3.8) is 0 Å². The monoisotopic (exact) mass is 361 g/mol. The fraction of sp³-hybridized carbons (Fsp3) is 0.500. The third-order valence-electron chi connectivity index (χ3n) is 5.52. The van der Waals surface area contributed by atoms with Gasteiger partial charge in [-0.3, -0.25) is 24.6 Å². The summed E-state index contributed by atoms with van der Waals surface area (Å²) in [6, 6.07) is 4.94. The Morgan fingerprint density at radius 3 is 2.48 bits per heavy atom. The number of hydrogen-bond donors (Lipinski definition) is 2. The van der Waals surface area contributed by atoms with Gasteiger partial charge in [0.1, 0.15) is 5.54 Å². The molecular weight excluding hydrogens is 342 g/mol. The number of para-hydroxylation sites is 1. The van der Waals surface area contributed by atoms with E-state index in [-0.39, 0.29) is 23.8 Å². The van der Waals surface area contributed by atoms with Crippen molar-refractivity contribution in [1.29, 1.82) is 0 Å². The van der Waals surface area contributed by atoms with Crippen LogP contribution in [0.15, 0.2) is 18.2 Å². The maximum absolute atomic E-state index is 13.2. The van der Waals surface area contributed by atoms with Crippen LogP contribution in [-0.4, -0.2) is 34.2 Å². The van der Waals surface area contributed by atoms with Crippen LogP contribution in [0.5, 0.6) is 0 Å². The van der Waals surface area contributed by atoms with Crippen molar-refractivity contribution < 1.29 is 14.4 Å². The zero-order valence-electron chi connectivity index (χ0n) is 14.5. The molecule has 3 amide bonds. The second kappa shape index (κ2) is 4.83. The minimum absolute atomic E-state index is 0.220. The molecule has 3 aliphatic heterocycles. The van der Waals surface area contributed by atoms with Gasteiger partial charge in [0.15, 0.2) is 0 Å². The molecule has 2 unspecified atom stereocenters. The molecule has 25 heavy (non-hydrogen) atoms. The highest BCUT2D eigenvalue weighted by atomic mass is 35.5. The summed E-state index contributed by atoms with van der Waals surface area (Å²) in [6.45, 7) is 7.33. The lowest BCUT2D eigenvalue weighted by molar-refractivity contribution is -0.147. The van der Waals surface area contributed by atoms with Crippen LogP contribution in [0.3, 0.4) is 0 Å². The predicted molar refractivity (Wildman–Crippen MR) is 92.9 cm³/mol. The van der Waals surface area contributed by atoms with Crippen LogP contribution in [0.2, 0.25) is 5.02 Å². The lowest BCUT2D eigenvalue weighted by atomic mass is 9.76. The topological polar surface area (TPSA) is 78.5 Å². The highest BCUT2D eigenvalue weighted by Gasteiger charge is 2.70. The van der Waals surface area contributed by atoms with Crippen LogP contribution in [0.1, 0.15) is 33.3 Å². The van der Waals surface area contributed by atoms with Gasteiger partial charge in [0.05, 0.1) is 22.5 Å². The first-order chi connectivity index (χ1) is 11.6. The van der Waals surface area contributed by atoms with Crippen LogP contribution >= 0.6 is 11.6 Å². The molecule has 0 radical (unpaired) electrons. The molecule has 1 aromatic carbocycles. The molecule has 0 aromatic heterocycles. The zero-order chi connectivity index (χ0) is 18.3. The average Bonchev–Trinajstić information content (AvgIpc) is 3.05. The number of anilines is 1. The second-order valence-electron chi connectivity index (χ2n) is 8.04. The number of amides is 3. The summed E-state index contributed by atoms with van der Waals surface area (Å²) in [7, 11) is 0. The quantitative estimate of drug-likeness (QED) is 0.691. The molecule has 1 aromatic rings. The number of nitrogens with zero attached hydrogens (tertiary/aromatic N) is 1. The number of benzene rings is 1. The molecule has 3 heterocycles. The van der Waals surface area contributed by atoms with E-state index in [1.165, 1.54) is 4.90 Å². The van der Waals surface area contributed by atoms with Gasteiger partial charge in [0.2, 0.25) is 17.7 Å². The molecule has 6 nitrogen and oxygen atoms in total. The normalized spacial score (nSPS) is 33.9. The van der Waals surface area contributed by atoms with Crippen molar-refractivity contribution >= 4 is 35.0 Å². The Kier molecular flexibility index (Phi) is 3.19. The molecule has 2 N–H and O–H groups in total. The predicted octanol–water partition coefficient (Wildman–Crippen LogP) is 1.88. The molecule has 7 heteroatoms. The summed E-state index contributed by atoms with van der Waals surface area (Å²) in [6.07, 6.45) is 0. The molecule has 1 spiro atoms. The Hall–Kier alpha value is -1.92. The van der Waals surface area contributed by atoms with E-state index in [2.05, 4.69) is 10.6 Å². The van der Waals surface area contributed by atoms with E-state index in [1.807, 2.05) is 27.7 Å². The van der Waals surface area contributed by atoms with Gasteiger partial charge >= 0.3 is 0 Å². The SMILES string of the molecule is CC1NC2(C(=O)Nc3c(Cl)cccc32)[C@@H]2C(=O)N(C(C)(C)C)C(=O)[C@H]12. The van der Waals surface area contributed by atoms with E-state index < -0.39 is 22.9 Å². The minimum atomic E-state index is -1.25. The maximum Gasteiger partial charge on any atom is 0.250 e. The standard InChI is InChI=1S/C18H20ClN3O3/c1-8-11-12(15(24)22(14(11)23)17(2,3)4)18(21-8)9-6-5-7-10(19)13(9)20-16(18)25/h5-8,11-12,21H,1-4H3,(H,20,25)/t8?,11-,12+,18?/m1/s1. The first kappa shape index (κ1) is 16.5. The van der Waals surface area contributed by atoms with Crippen molar-refractivity contribution in [2.24, 2.45) is 11.8 Å². The van der Waals surface area contributed by atoms with Gasteiger partial charge in [-0.25, -0.2) is 0 Å². The highest BCUT2D eigenvalue weighted by molar-refractivity contribution is 6.35. The number of fused-ring (bicyclic) bond motifs is 4. The first-order valence-electron chi connectivity index (χ1n) is 8.36. The lowest BCUT2D eigenvalue weighted by Crippen LogP contribution is -2.55. The number of imide groups is 1. The Morgan fingerprint density at radius 1 is 1.16 bits per heavy atom. The van der Waals surface area contributed by atoms with Crippen LogP contribution in [0.25, 0.3) is 0 Å². The van der Waals surface area contributed by atoms with Gasteiger partial charge in [-0.05, 0) is 33.8 Å². The first-order valence-corrected chi connectivity index (χ1v) is 8.74. The minimum Gasteiger partial charge on any atom is -0.323 e. The van der Waals surface area contributed by atoms with E-state index in [1.54, 1.807) is 18.2 Å². The fourth-order valence-electron chi connectivity index (χ4n) is 4.62. The van der Waals surface area contributed by atoms with Crippen LogP contribution in [0, 0.1) is 11.8 Å². The molecule has 4 atom stereocenters. The average molecular weight is 362 g/mol. The summed E-state index contributed by atoms with van der Waals surface area (Å²) < 4.78 is 0. The number of carbonyl (C=O) groups excluding carboxylic acids is 3.